The largest absolute Gasteiger partial charge is 0.303 e. The van der Waals surface area contributed by atoms with Crippen LogP contribution in [0.15, 0.2) is 53.4 Å². The number of hydrogen-bond donors (Lipinski definition) is 1. The summed E-state index contributed by atoms with van der Waals surface area (Å²) in [4.78, 5) is 5.70. The molecule has 2 aromatic heterocycles. The van der Waals surface area contributed by atoms with Crippen LogP contribution >= 0.6 is 22.7 Å². The number of hydrogen-bond acceptors (Lipinski definition) is 4. The molecular formula is C16H15FN2S2. The molecule has 0 bridgehead atoms. The van der Waals surface area contributed by atoms with E-state index in [0.717, 1.165) is 11.4 Å². The first-order valence-corrected chi connectivity index (χ1v) is 8.47. The Morgan fingerprint density at radius 2 is 2.00 bits per heavy atom. The Hall–Kier alpha value is -1.56. The van der Waals surface area contributed by atoms with Gasteiger partial charge in [0, 0.05) is 35.0 Å². The number of rotatable bonds is 6. The Morgan fingerprint density at radius 1 is 1.10 bits per heavy atom. The van der Waals surface area contributed by atoms with Gasteiger partial charge in [0.2, 0.25) is 0 Å². The van der Waals surface area contributed by atoms with Crippen LogP contribution in [0.1, 0.15) is 21.5 Å². The number of thiazole rings is 1. The Labute approximate surface area is 131 Å². The highest BCUT2D eigenvalue weighted by atomic mass is 32.1. The third-order valence-corrected chi connectivity index (χ3v) is 5.02. The fourth-order valence-electron chi connectivity index (χ4n) is 2.16. The van der Waals surface area contributed by atoms with Gasteiger partial charge in [0.1, 0.15) is 10.8 Å². The maximum absolute atomic E-state index is 13.7. The van der Waals surface area contributed by atoms with Gasteiger partial charge in [0.25, 0.3) is 0 Å². The number of aromatic nitrogens is 1. The lowest BCUT2D eigenvalue weighted by Gasteiger charge is -2.16. The minimum Gasteiger partial charge on any atom is -0.303 e. The van der Waals surface area contributed by atoms with Crippen LogP contribution in [0.2, 0.25) is 0 Å². The molecule has 1 aromatic carbocycles. The number of benzene rings is 1. The minimum atomic E-state index is -0.168. The molecule has 5 heteroatoms. The topological polar surface area (TPSA) is 24.9 Å². The third-order valence-electron chi connectivity index (χ3n) is 3.23. The monoisotopic (exact) mass is 318 g/mol. The van der Waals surface area contributed by atoms with Crippen molar-refractivity contribution >= 4 is 22.7 Å². The van der Waals surface area contributed by atoms with Gasteiger partial charge in [-0.25, -0.2) is 9.37 Å². The van der Waals surface area contributed by atoms with Crippen LogP contribution in [0.3, 0.4) is 0 Å². The van der Waals surface area contributed by atoms with Crippen molar-refractivity contribution in [3.05, 3.63) is 74.6 Å². The van der Waals surface area contributed by atoms with E-state index in [1.54, 1.807) is 28.7 Å². The van der Waals surface area contributed by atoms with Crippen LogP contribution in [0.5, 0.6) is 0 Å². The van der Waals surface area contributed by atoms with Crippen LogP contribution < -0.4 is 5.32 Å². The average molecular weight is 318 g/mol. The summed E-state index contributed by atoms with van der Waals surface area (Å²) >= 11 is 3.37. The van der Waals surface area contributed by atoms with Crippen molar-refractivity contribution in [1.82, 2.24) is 10.3 Å². The van der Waals surface area contributed by atoms with Crippen molar-refractivity contribution in [3.8, 4) is 0 Å². The third kappa shape index (κ3) is 3.75. The normalized spacial score (nSPS) is 12.4. The summed E-state index contributed by atoms with van der Waals surface area (Å²) in [6, 6.07) is 11.2. The van der Waals surface area contributed by atoms with Crippen LogP contribution in [0, 0.1) is 5.82 Å². The molecule has 2 heterocycles. The molecule has 0 aliphatic heterocycles. The molecule has 1 N–H and O–H groups in total. The van der Waals surface area contributed by atoms with Crippen LogP contribution in [0.4, 0.5) is 4.39 Å². The van der Waals surface area contributed by atoms with Gasteiger partial charge in [0.05, 0.1) is 6.04 Å². The van der Waals surface area contributed by atoms with Gasteiger partial charge in [-0.1, -0.05) is 24.3 Å². The number of nitrogens with one attached hydrogen (secondary N) is 1. The second-order valence-electron chi connectivity index (χ2n) is 4.68. The first-order valence-electron chi connectivity index (χ1n) is 6.71. The Kier molecular flexibility index (Phi) is 4.75. The Balaban J connectivity index is 1.72. The molecule has 2 nitrogen and oxygen atoms in total. The zero-order valence-electron chi connectivity index (χ0n) is 11.3. The van der Waals surface area contributed by atoms with Crippen LogP contribution in [-0.2, 0) is 13.0 Å². The van der Waals surface area contributed by atoms with E-state index in [2.05, 4.69) is 27.8 Å². The van der Waals surface area contributed by atoms with E-state index in [1.165, 1.54) is 10.9 Å². The highest BCUT2D eigenvalue weighted by Crippen LogP contribution is 2.23. The summed E-state index contributed by atoms with van der Waals surface area (Å²) in [5.41, 5.74) is 0.685. The zero-order valence-corrected chi connectivity index (χ0v) is 13.0. The van der Waals surface area contributed by atoms with Gasteiger partial charge in [0.15, 0.2) is 0 Å². The Bertz CT molecular complexity index is 665. The molecular weight excluding hydrogens is 303 g/mol. The lowest BCUT2D eigenvalue weighted by Crippen LogP contribution is -2.23. The molecule has 0 saturated heterocycles. The van der Waals surface area contributed by atoms with E-state index < -0.39 is 0 Å². The molecule has 0 aliphatic carbocycles. The van der Waals surface area contributed by atoms with E-state index in [1.807, 2.05) is 23.7 Å². The Morgan fingerprint density at radius 3 is 2.71 bits per heavy atom. The standard InChI is InChI=1S/C16H15FN2S2/c17-14-6-2-1-4-12(14)11-19-15(16-18-7-9-21-16)10-13-5-3-8-20-13/h1-9,15,19H,10-11H2. The van der Waals surface area contributed by atoms with Crippen molar-refractivity contribution in [1.29, 1.82) is 0 Å². The maximum Gasteiger partial charge on any atom is 0.127 e. The highest BCUT2D eigenvalue weighted by molar-refractivity contribution is 7.10. The summed E-state index contributed by atoms with van der Waals surface area (Å²) in [5.74, 6) is -0.168. The lowest BCUT2D eigenvalue weighted by atomic mass is 10.1. The summed E-state index contributed by atoms with van der Waals surface area (Å²) in [6.07, 6.45) is 2.69. The number of thiophene rings is 1. The van der Waals surface area contributed by atoms with E-state index in [9.17, 15) is 4.39 Å². The predicted molar refractivity (Wildman–Crippen MR) is 86.1 cm³/mol. The fraction of sp³-hybridized carbons (Fsp3) is 0.188. The predicted octanol–water partition coefficient (Wildman–Crippen LogP) is 4.42. The lowest BCUT2D eigenvalue weighted by molar-refractivity contribution is 0.514. The van der Waals surface area contributed by atoms with Gasteiger partial charge >= 0.3 is 0 Å². The summed E-state index contributed by atoms with van der Waals surface area (Å²) in [5, 5.41) is 8.52. The van der Waals surface area contributed by atoms with Crippen molar-refractivity contribution < 1.29 is 4.39 Å². The first kappa shape index (κ1) is 14.4. The van der Waals surface area contributed by atoms with Gasteiger partial charge < -0.3 is 5.32 Å². The molecule has 1 unspecified atom stereocenters. The zero-order chi connectivity index (χ0) is 14.5. The molecule has 0 fully saturated rings. The van der Waals surface area contributed by atoms with Gasteiger partial charge in [-0.2, -0.15) is 0 Å². The second-order valence-corrected chi connectivity index (χ2v) is 6.64. The van der Waals surface area contributed by atoms with E-state index in [4.69, 9.17) is 0 Å². The van der Waals surface area contributed by atoms with E-state index in [-0.39, 0.29) is 11.9 Å². The van der Waals surface area contributed by atoms with Crippen LogP contribution in [0.25, 0.3) is 0 Å². The molecule has 0 saturated carbocycles. The van der Waals surface area contributed by atoms with Gasteiger partial charge in [-0.3, -0.25) is 0 Å². The molecule has 3 aromatic rings. The SMILES string of the molecule is Fc1ccccc1CNC(Cc1cccs1)c1nccs1. The molecule has 108 valence electrons. The summed E-state index contributed by atoms with van der Waals surface area (Å²) in [6.45, 7) is 0.502. The molecule has 0 aliphatic rings. The number of halogens is 1. The first-order chi connectivity index (χ1) is 10.3. The average Bonchev–Trinajstić information content (AvgIpc) is 3.18. The van der Waals surface area contributed by atoms with Crippen molar-refractivity contribution in [2.75, 3.05) is 0 Å². The molecule has 21 heavy (non-hydrogen) atoms. The van der Waals surface area contributed by atoms with E-state index in [0.29, 0.717) is 12.1 Å². The minimum absolute atomic E-state index is 0.114. The van der Waals surface area contributed by atoms with Gasteiger partial charge in [-0.05, 0) is 17.5 Å². The van der Waals surface area contributed by atoms with Gasteiger partial charge in [-0.15, -0.1) is 22.7 Å². The summed E-state index contributed by atoms with van der Waals surface area (Å²) < 4.78 is 13.7. The molecule has 0 radical (unpaired) electrons. The van der Waals surface area contributed by atoms with Crippen molar-refractivity contribution in [3.63, 3.8) is 0 Å². The van der Waals surface area contributed by atoms with Crippen molar-refractivity contribution in [2.24, 2.45) is 0 Å². The second kappa shape index (κ2) is 6.93. The highest BCUT2D eigenvalue weighted by Gasteiger charge is 2.15. The quantitative estimate of drug-likeness (QED) is 0.728. The van der Waals surface area contributed by atoms with Crippen LogP contribution in [-0.4, -0.2) is 4.98 Å². The molecule has 1 atom stereocenters. The van der Waals surface area contributed by atoms with Crippen molar-refractivity contribution in [2.45, 2.75) is 19.0 Å². The maximum atomic E-state index is 13.7. The fourth-order valence-corrected chi connectivity index (χ4v) is 3.62. The molecule has 0 amide bonds. The smallest absolute Gasteiger partial charge is 0.127 e. The number of nitrogens with zero attached hydrogens (tertiary/aromatic N) is 1. The molecule has 3 rings (SSSR count). The van der Waals surface area contributed by atoms with E-state index >= 15 is 0 Å². The molecule has 0 spiro atoms. The summed E-state index contributed by atoms with van der Waals surface area (Å²) in [7, 11) is 0.